The number of fused-ring (bicyclic) bond motifs is 1. The van der Waals surface area contributed by atoms with E-state index in [-0.39, 0.29) is 6.09 Å². The maximum absolute atomic E-state index is 12.0. The Hall–Kier alpha value is -1.23. The Labute approximate surface area is 101 Å². The second-order valence-corrected chi connectivity index (χ2v) is 5.14. The van der Waals surface area contributed by atoms with Gasteiger partial charge in [-0.1, -0.05) is 0 Å². The first-order chi connectivity index (χ1) is 7.97. The molecule has 1 amide bonds. The van der Waals surface area contributed by atoms with Crippen molar-refractivity contribution >= 4 is 6.09 Å². The summed E-state index contributed by atoms with van der Waals surface area (Å²) < 4.78 is 16.4. The zero-order valence-electron chi connectivity index (χ0n) is 10.6. The van der Waals surface area contributed by atoms with Crippen LogP contribution in [0.2, 0.25) is 0 Å². The predicted octanol–water partition coefficient (Wildman–Crippen LogP) is 1.88. The topological polar surface area (TPSA) is 48.0 Å². The number of carbonyl (C=O) groups is 1. The van der Waals surface area contributed by atoms with E-state index in [1.54, 1.807) is 4.90 Å². The van der Waals surface area contributed by atoms with Crippen LogP contribution in [0.1, 0.15) is 27.2 Å². The maximum Gasteiger partial charge on any atom is 0.412 e. The van der Waals surface area contributed by atoms with E-state index in [0.29, 0.717) is 19.8 Å². The minimum atomic E-state index is -0.492. The highest BCUT2D eigenvalue weighted by Gasteiger charge is 2.35. The first-order valence-corrected chi connectivity index (χ1v) is 5.91. The molecule has 2 aliphatic rings. The number of nitrogens with zero attached hydrogens (tertiary/aromatic N) is 1. The van der Waals surface area contributed by atoms with E-state index in [1.165, 1.54) is 0 Å². The van der Waals surface area contributed by atoms with Crippen LogP contribution in [0, 0.1) is 0 Å². The van der Waals surface area contributed by atoms with Crippen molar-refractivity contribution in [1.82, 2.24) is 4.90 Å². The first kappa shape index (κ1) is 12.2. The molecule has 0 aromatic rings. The van der Waals surface area contributed by atoms with Gasteiger partial charge in [-0.2, -0.15) is 0 Å². The fourth-order valence-corrected chi connectivity index (χ4v) is 1.85. The summed E-state index contributed by atoms with van der Waals surface area (Å²) in [7, 11) is 0. The second-order valence-electron chi connectivity index (χ2n) is 5.14. The van der Waals surface area contributed by atoms with Gasteiger partial charge in [-0.3, -0.25) is 4.90 Å². The number of amides is 1. The molecule has 1 atom stereocenters. The molecule has 2 heterocycles. The Morgan fingerprint density at radius 2 is 2.24 bits per heavy atom. The van der Waals surface area contributed by atoms with Crippen LogP contribution in [-0.2, 0) is 14.2 Å². The number of carbonyl (C=O) groups excluding carboxylic acids is 1. The number of hydrogen-bond acceptors (Lipinski definition) is 4. The molecule has 0 bridgehead atoms. The van der Waals surface area contributed by atoms with Crippen molar-refractivity contribution in [3.63, 3.8) is 0 Å². The van der Waals surface area contributed by atoms with Crippen molar-refractivity contribution in [1.29, 1.82) is 0 Å². The SMILES string of the molecule is CC(C)(C)OC(=O)N1CCC=C2OCCOC21. The fraction of sp³-hybridized carbons (Fsp3) is 0.750. The quantitative estimate of drug-likeness (QED) is 0.649. The van der Waals surface area contributed by atoms with Gasteiger partial charge in [-0.05, 0) is 33.3 Å². The summed E-state index contributed by atoms with van der Waals surface area (Å²) in [6.45, 7) is 7.20. The summed E-state index contributed by atoms with van der Waals surface area (Å²) in [6, 6.07) is 0. The number of rotatable bonds is 0. The fourth-order valence-electron chi connectivity index (χ4n) is 1.85. The van der Waals surface area contributed by atoms with E-state index in [2.05, 4.69) is 0 Å². The minimum Gasteiger partial charge on any atom is -0.491 e. The van der Waals surface area contributed by atoms with E-state index < -0.39 is 11.8 Å². The molecule has 0 saturated carbocycles. The Bertz CT molecular complexity index is 332. The Morgan fingerprint density at radius 3 is 2.94 bits per heavy atom. The van der Waals surface area contributed by atoms with E-state index in [4.69, 9.17) is 14.2 Å². The van der Waals surface area contributed by atoms with Gasteiger partial charge in [-0.25, -0.2) is 4.79 Å². The van der Waals surface area contributed by atoms with Crippen LogP contribution in [0.4, 0.5) is 4.79 Å². The third kappa shape index (κ3) is 2.91. The molecule has 0 spiro atoms. The Balaban J connectivity index is 2.06. The largest absolute Gasteiger partial charge is 0.491 e. The predicted molar refractivity (Wildman–Crippen MR) is 61.3 cm³/mol. The lowest BCUT2D eigenvalue weighted by atomic mass is 10.2. The third-order valence-corrected chi connectivity index (χ3v) is 2.50. The van der Waals surface area contributed by atoms with E-state index in [0.717, 1.165) is 12.2 Å². The van der Waals surface area contributed by atoms with Crippen molar-refractivity contribution in [2.75, 3.05) is 19.8 Å². The van der Waals surface area contributed by atoms with Gasteiger partial charge in [0.25, 0.3) is 0 Å². The van der Waals surface area contributed by atoms with Crippen LogP contribution in [0.3, 0.4) is 0 Å². The van der Waals surface area contributed by atoms with Crippen LogP contribution >= 0.6 is 0 Å². The van der Waals surface area contributed by atoms with Gasteiger partial charge in [0.1, 0.15) is 18.0 Å². The summed E-state index contributed by atoms with van der Waals surface area (Å²) in [4.78, 5) is 13.6. The minimum absolute atomic E-state index is 0.349. The molecule has 0 N–H and O–H groups in total. The van der Waals surface area contributed by atoms with Crippen LogP contribution in [0.25, 0.3) is 0 Å². The van der Waals surface area contributed by atoms with E-state index in [9.17, 15) is 4.79 Å². The van der Waals surface area contributed by atoms with Crippen LogP contribution in [0.15, 0.2) is 11.8 Å². The van der Waals surface area contributed by atoms with E-state index >= 15 is 0 Å². The average molecular weight is 241 g/mol. The molecule has 5 nitrogen and oxygen atoms in total. The van der Waals surface area contributed by atoms with Crippen LogP contribution in [0.5, 0.6) is 0 Å². The summed E-state index contributed by atoms with van der Waals surface area (Å²) in [5, 5.41) is 0. The molecular weight excluding hydrogens is 222 g/mol. The maximum atomic E-state index is 12.0. The summed E-state index contributed by atoms with van der Waals surface area (Å²) in [5.41, 5.74) is -0.492. The monoisotopic (exact) mass is 241 g/mol. The summed E-state index contributed by atoms with van der Waals surface area (Å²) in [5.74, 6) is 0.730. The highest BCUT2D eigenvalue weighted by atomic mass is 16.6. The Kier molecular flexibility index (Phi) is 3.28. The van der Waals surface area contributed by atoms with Gasteiger partial charge in [0.2, 0.25) is 0 Å². The van der Waals surface area contributed by atoms with Crippen molar-refractivity contribution in [3.05, 3.63) is 11.8 Å². The molecule has 2 aliphatic heterocycles. The molecule has 5 heteroatoms. The van der Waals surface area contributed by atoms with Gasteiger partial charge in [-0.15, -0.1) is 0 Å². The van der Waals surface area contributed by atoms with Gasteiger partial charge in [0.05, 0.1) is 6.61 Å². The molecule has 1 fully saturated rings. The third-order valence-electron chi connectivity index (χ3n) is 2.50. The van der Waals surface area contributed by atoms with Gasteiger partial charge in [0, 0.05) is 6.54 Å². The normalized spacial score (nSPS) is 24.5. The second kappa shape index (κ2) is 4.56. The van der Waals surface area contributed by atoms with E-state index in [1.807, 2.05) is 26.8 Å². The van der Waals surface area contributed by atoms with Gasteiger partial charge >= 0.3 is 6.09 Å². The van der Waals surface area contributed by atoms with Crippen molar-refractivity contribution in [2.24, 2.45) is 0 Å². The lowest BCUT2D eigenvalue weighted by Gasteiger charge is -2.38. The molecule has 0 aliphatic carbocycles. The zero-order valence-corrected chi connectivity index (χ0v) is 10.6. The van der Waals surface area contributed by atoms with Gasteiger partial charge in [0.15, 0.2) is 6.23 Å². The zero-order chi connectivity index (χ0) is 12.5. The smallest absolute Gasteiger partial charge is 0.412 e. The highest BCUT2D eigenvalue weighted by Crippen LogP contribution is 2.25. The molecule has 96 valence electrons. The number of ether oxygens (including phenoxy) is 3. The average Bonchev–Trinajstić information content (AvgIpc) is 2.26. The first-order valence-electron chi connectivity index (χ1n) is 5.91. The lowest BCUT2D eigenvalue weighted by Crippen LogP contribution is -2.50. The Morgan fingerprint density at radius 1 is 1.47 bits per heavy atom. The van der Waals surface area contributed by atoms with Crippen LogP contribution < -0.4 is 0 Å². The molecule has 0 aromatic heterocycles. The van der Waals surface area contributed by atoms with Crippen molar-refractivity contribution in [2.45, 2.75) is 39.0 Å². The van der Waals surface area contributed by atoms with Gasteiger partial charge < -0.3 is 14.2 Å². The van der Waals surface area contributed by atoms with Crippen LogP contribution in [-0.4, -0.2) is 42.6 Å². The molecule has 1 unspecified atom stereocenters. The summed E-state index contributed by atoms with van der Waals surface area (Å²) in [6.07, 6.45) is 1.99. The molecule has 2 rings (SSSR count). The highest BCUT2D eigenvalue weighted by molar-refractivity contribution is 5.69. The molecule has 0 radical (unpaired) electrons. The molecule has 0 aromatic carbocycles. The number of hydrogen-bond donors (Lipinski definition) is 0. The molecular formula is C12H19NO4. The molecule has 1 saturated heterocycles. The summed E-state index contributed by atoms with van der Waals surface area (Å²) >= 11 is 0. The lowest BCUT2D eigenvalue weighted by molar-refractivity contribution is -0.118. The van der Waals surface area contributed by atoms with Crippen molar-refractivity contribution < 1.29 is 19.0 Å². The molecule has 17 heavy (non-hydrogen) atoms. The van der Waals surface area contributed by atoms with Crippen molar-refractivity contribution in [3.8, 4) is 0 Å². The standard InChI is InChI=1S/C12H19NO4/c1-12(2,3)17-11(14)13-6-4-5-9-10(13)16-8-7-15-9/h5,10H,4,6-8H2,1-3H3.